The number of hydrogen-bond acceptors (Lipinski definition) is 8. The monoisotopic (exact) mass is 553 g/mol. The Hall–Kier alpha value is -4.32. The Balaban J connectivity index is 1.94. The molecule has 11 nitrogen and oxygen atoms in total. The number of hydrogen-bond donors (Lipinski definition) is 1. The molecule has 1 aliphatic heterocycles. The van der Waals surface area contributed by atoms with Gasteiger partial charge in [-0.15, -0.1) is 0 Å². The van der Waals surface area contributed by atoms with Gasteiger partial charge in [0.15, 0.2) is 11.7 Å². The zero-order valence-electron chi connectivity index (χ0n) is 22.3. The maximum absolute atomic E-state index is 13.1. The second kappa shape index (κ2) is 13.0. The lowest BCUT2D eigenvalue weighted by molar-refractivity contribution is -0.384. The van der Waals surface area contributed by atoms with Crippen molar-refractivity contribution in [1.82, 2.24) is 9.80 Å². The number of rotatable bonds is 11. The molecule has 39 heavy (non-hydrogen) atoms. The van der Waals surface area contributed by atoms with Crippen molar-refractivity contribution in [1.29, 1.82) is 0 Å². The number of benzene rings is 2. The van der Waals surface area contributed by atoms with Gasteiger partial charge in [-0.3, -0.25) is 34.3 Å². The van der Waals surface area contributed by atoms with Gasteiger partial charge in [0.2, 0.25) is 0 Å². The van der Waals surface area contributed by atoms with Gasteiger partial charge in [-0.1, -0.05) is 6.07 Å². The Morgan fingerprint density at radius 2 is 1.69 bits per heavy atom. The molecule has 2 aromatic carbocycles. The summed E-state index contributed by atoms with van der Waals surface area (Å²) in [6, 6.07) is 10.9. The van der Waals surface area contributed by atoms with E-state index >= 15 is 0 Å². The smallest absolute Gasteiger partial charge is 0.271 e. The summed E-state index contributed by atoms with van der Waals surface area (Å²) in [6.07, 6.45) is 1.46. The van der Waals surface area contributed by atoms with Crippen LogP contribution in [-0.2, 0) is 14.4 Å². The molecule has 206 valence electrons. The Morgan fingerprint density at radius 1 is 1.05 bits per heavy atom. The number of ether oxygens (including phenoxy) is 1. The van der Waals surface area contributed by atoms with Crippen LogP contribution >= 0.6 is 12.2 Å². The number of nitrogens with one attached hydrogen (secondary N) is 1. The first-order valence-electron chi connectivity index (χ1n) is 12.6. The Bertz CT molecular complexity index is 1300. The number of nitro groups is 1. The van der Waals surface area contributed by atoms with Crippen LogP contribution in [0.4, 0.5) is 17.1 Å². The molecule has 1 fully saturated rings. The van der Waals surface area contributed by atoms with Crippen molar-refractivity contribution in [2.24, 2.45) is 0 Å². The number of likely N-dealkylation sites (N-methyl/N-ethyl adjacent to an activating group) is 2. The van der Waals surface area contributed by atoms with Crippen LogP contribution in [0.25, 0.3) is 6.08 Å². The highest BCUT2D eigenvalue weighted by atomic mass is 32.1. The molecule has 1 aliphatic rings. The molecule has 0 bridgehead atoms. The number of nitro benzene ring substituents is 1. The Morgan fingerprint density at radius 3 is 2.26 bits per heavy atom. The van der Waals surface area contributed by atoms with Crippen LogP contribution in [0, 0.1) is 10.1 Å². The van der Waals surface area contributed by atoms with Crippen molar-refractivity contribution in [2.75, 3.05) is 43.0 Å². The molecule has 0 radical (unpaired) electrons. The van der Waals surface area contributed by atoms with Gasteiger partial charge < -0.3 is 15.0 Å². The first kappa shape index (κ1) is 29.2. The SMILES string of the molecule is CCN1C(=O)C(=Cc2ccc(N(CC)CC)cc2OCC(=O)Nc2cccc([N+](=O)[O-])c2)C(=O)N(CC)C1=S. The van der Waals surface area contributed by atoms with Crippen molar-refractivity contribution in [2.45, 2.75) is 27.7 Å². The van der Waals surface area contributed by atoms with Gasteiger partial charge >= 0.3 is 0 Å². The lowest BCUT2D eigenvalue weighted by atomic mass is 10.0. The lowest BCUT2D eigenvalue weighted by Crippen LogP contribution is -2.55. The van der Waals surface area contributed by atoms with Crippen LogP contribution in [0.3, 0.4) is 0 Å². The molecule has 1 heterocycles. The maximum Gasteiger partial charge on any atom is 0.271 e. The molecular weight excluding hydrogens is 522 g/mol. The summed E-state index contributed by atoms with van der Waals surface area (Å²) < 4.78 is 5.88. The molecule has 12 heteroatoms. The average molecular weight is 554 g/mol. The van der Waals surface area contributed by atoms with Gasteiger partial charge in [-0.2, -0.15) is 0 Å². The average Bonchev–Trinajstić information content (AvgIpc) is 2.92. The second-order valence-corrected chi connectivity index (χ2v) is 8.84. The Kier molecular flexibility index (Phi) is 9.72. The van der Waals surface area contributed by atoms with Crippen molar-refractivity contribution >= 4 is 58.2 Å². The third-order valence-corrected chi connectivity index (χ3v) is 6.61. The van der Waals surface area contributed by atoms with E-state index in [-0.39, 0.29) is 22.1 Å². The highest BCUT2D eigenvalue weighted by Gasteiger charge is 2.38. The zero-order chi connectivity index (χ0) is 28.7. The quantitative estimate of drug-likeness (QED) is 0.146. The van der Waals surface area contributed by atoms with E-state index in [1.54, 1.807) is 26.0 Å². The van der Waals surface area contributed by atoms with Gasteiger partial charge in [-0.05, 0) is 64.2 Å². The third-order valence-electron chi connectivity index (χ3n) is 6.17. The minimum absolute atomic E-state index is 0.0613. The summed E-state index contributed by atoms with van der Waals surface area (Å²) in [5.74, 6) is -1.24. The predicted octanol–water partition coefficient (Wildman–Crippen LogP) is 3.84. The Labute approximate surface area is 232 Å². The first-order valence-corrected chi connectivity index (χ1v) is 13.0. The second-order valence-electron chi connectivity index (χ2n) is 8.48. The van der Waals surface area contributed by atoms with E-state index < -0.39 is 29.3 Å². The predicted molar refractivity (Wildman–Crippen MR) is 153 cm³/mol. The van der Waals surface area contributed by atoms with Gasteiger partial charge in [-0.25, -0.2) is 0 Å². The van der Waals surface area contributed by atoms with Gasteiger partial charge in [0, 0.05) is 61.3 Å². The van der Waals surface area contributed by atoms with E-state index in [0.29, 0.717) is 24.4 Å². The van der Waals surface area contributed by atoms with Gasteiger partial charge in [0.1, 0.15) is 11.3 Å². The number of carbonyl (C=O) groups is 3. The highest BCUT2D eigenvalue weighted by molar-refractivity contribution is 7.80. The summed E-state index contributed by atoms with van der Waals surface area (Å²) in [4.78, 5) is 54.2. The van der Waals surface area contributed by atoms with E-state index in [2.05, 4.69) is 10.2 Å². The van der Waals surface area contributed by atoms with E-state index in [1.807, 2.05) is 19.9 Å². The number of amides is 3. The van der Waals surface area contributed by atoms with Crippen molar-refractivity contribution < 1.29 is 24.0 Å². The molecule has 0 atom stereocenters. The fraction of sp³-hybridized carbons (Fsp3) is 0.333. The minimum atomic E-state index is -0.551. The maximum atomic E-state index is 13.1. The molecule has 0 spiro atoms. The van der Waals surface area contributed by atoms with Crippen LogP contribution in [0.5, 0.6) is 5.75 Å². The number of nitrogens with zero attached hydrogens (tertiary/aromatic N) is 4. The first-order chi connectivity index (χ1) is 18.6. The lowest BCUT2D eigenvalue weighted by Gasteiger charge is -2.35. The molecule has 0 unspecified atom stereocenters. The molecule has 0 aromatic heterocycles. The van der Waals surface area contributed by atoms with Crippen LogP contribution in [-0.4, -0.2) is 70.3 Å². The van der Waals surface area contributed by atoms with E-state index in [0.717, 1.165) is 18.8 Å². The van der Waals surface area contributed by atoms with E-state index in [1.165, 1.54) is 40.1 Å². The molecular formula is C27H31N5O6S. The standard InChI is InChI=1S/C27H31N5O6S/c1-5-29(6-2)20-13-12-18(14-22-25(34)30(7-3)27(39)31(8-4)26(22)35)23(16-20)38-17-24(33)28-19-10-9-11-21(15-19)32(36)37/h9-16H,5-8,17H2,1-4H3,(H,28,33). The number of non-ortho nitro benzene ring substituents is 1. The van der Waals surface area contributed by atoms with Crippen LogP contribution in [0.2, 0.25) is 0 Å². The largest absolute Gasteiger partial charge is 0.483 e. The van der Waals surface area contributed by atoms with Crippen LogP contribution < -0.4 is 15.0 Å². The summed E-state index contributed by atoms with van der Waals surface area (Å²) in [7, 11) is 0. The van der Waals surface area contributed by atoms with Crippen molar-refractivity contribution in [3.8, 4) is 5.75 Å². The normalized spacial score (nSPS) is 13.4. The minimum Gasteiger partial charge on any atom is -0.483 e. The number of thiocarbonyl (C=S) groups is 1. The molecule has 0 aliphatic carbocycles. The van der Waals surface area contributed by atoms with Crippen molar-refractivity contribution in [3.05, 3.63) is 63.7 Å². The fourth-order valence-corrected chi connectivity index (χ4v) is 4.55. The molecule has 3 rings (SSSR count). The summed E-state index contributed by atoms with van der Waals surface area (Å²) in [5, 5.41) is 13.8. The van der Waals surface area contributed by atoms with Crippen LogP contribution in [0.1, 0.15) is 33.3 Å². The number of carbonyl (C=O) groups excluding carboxylic acids is 3. The molecule has 1 saturated heterocycles. The third kappa shape index (κ3) is 6.58. The summed E-state index contributed by atoms with van der Waals surface area (Å²) >= 11 is 5.33. The fourth-order valence-electron chi connectivity index (χ4n) is 4.13. The molecule has 2 aromatic rings. The van der Waals surface area contributed by atoms with Gasteiger partial charge in [0.25, 0.3) is 23.4 Å². The van der Waals surface area contributed by atoms with Crippen LogP contribution in [0.15, 0.2) is 48.0 Å². The van der Waals surface area contributed by atoms with Gasteiger partial charge in [0.05, 0.1) is 4.92 Å². The zero-order valence-corrected chi connectivity index (χ0v) is 23.1. The summed E-state index contributed by atoms with van der Waals surface area (Å²) in [5.41, 5.74) is 1.31. The summed E-state index contributed by atoms with van der Waals surface area (Å²) in [6.45, 7) is 9.23. The number of anilines is 2. The van der Waals surface area contributed by atoms with Crippen molar-refractivity contribution in [3.63, 3.8) is 0 Å². The molecule has 0 saturated carbocycles. The van der Waals surface area contributed by atoms with E-state index in [4.69, 9.17) is 17.0 Å². The van der Waals surface area contributed by atoms with E-state index in [9.17, 15) is 24.5 Å². The molecule has 3 amide bonds. The molecule has 1 N–H and O–H groups in total. The highest BCUT2D eigenvalue weighted by Crippen LogP contribution is 2.30. The topological polar surface area (TPSA) is 125 Å².